The summed E-state index contributed by atoms with van der Waals surface area (Å²) >= 11 is 0. The molecule has 1 unspecified atom stereocenters. The number of ketones is 2. The van der Waals surface area contributed by atoms with Crippen molar-refractivity contribution in [1.29, 1.82) is 0 Å². The highest BCUT2D eigenvalue weighted by Gasteiger charge is 2.59. The van der Waals surface area contributed by atoms with Gasteiger partial charge in [-0.05, 0) is 37.3 Å². The van der Waals surface area contributed by atoms with Crippen molar-refractivity contribution in [3.8, 4) is 5.75 Å². The van der Waals surface area contributed by atoms with Crippen LogP contribution in [0.15, 0.2) is 35.1 Å². The average molecular weight is 387 g/mol. The fourth-order valence-corrected chi connectivity index (χ4v) is 4.45. The highest BCUT2D eigenvalue weighted by Crippen LogP contribution is 2.51. The number of hydrogen-bond donors (Lipinski definition) is 5. The maximum absolute atomic E-state index is 13.1. The van der Waals surface area contributed by atoms with Gasteiger partial charge in [0.25, 0.3) is 0 Å². The van der Waals surface area contributed by atoms with E-state index in [9.17, 15) is 30.0 Å². The van der Waals surface area contributed by atoms with E-state index >= 15 is 0 Å². The number of aromatic hydroxyl groups is 1. The summed E-state index contributed by atoms with van der Waals surface area (Å²) in [6.07, 6.45) is 0.939. The predicted octanol–water partition coefficient (Wildman–Crippen LogP) is 1.06. The van der Waals surface area contributed by atoms with Crippen molar-refractivity contribution in [1.82, 2.24) is 0 Å². The first-order chi connectivity index (χ1) is 13.2. The number of primary amides is 1. The number of hydrogen-bond acceptors (Lipinski definition) is 7. The van der Waals surface area contributed by atoms with Crippen LogP contribution in [0.25, 0.3) is 5.76 Å². The summed E-state index contributed by atoms with van der Waals surface area (Å²) in [5.41, 5.74) is 2.87. The van der Waals surface area contributed by atoms with Gasteiger partial charge in [-0.2, -0.15) is 0 Å². The largest absolute Gasteiger partial charge is 0.508 e. The number of allylic oxidation sites excluding steroid dienone is 1. The van der Waals surface area contributed by atoms with Crippen LogP contribution in [0.2, 0.25) is 0 Å². The average Bonchev–Trinajstić information content (AvgIpc) is 2.64. The van der Waals surface area contributed by atoms with E-state index in [0.29, 0.717) is 18.4 Å². The van der Waals surface area contributed by atoms with E-state index in [1.807, 2.05) is 0 Å². The number of amides is 1. The van der Waals surface area contributed by atoms with E-state index in [1.54, 1.807) is 12.1 Å². The van der Waals surface area contributed by atoms with E-state index in [2.05, 4.69) is 5.73 Å². The highest BCUT2D eigenvalue weighted by molar-refractivity contribution is 6.12. The molecule has 0 saturated heterocycles. The second-order valence-electron chi connectivity index (χ2n) is 7.24. The summed E-state index contributed by atoms with van der Waals surface area (Å²) in [7, 11) is 0. The monoisotopic (exact) mass is 387 g/mol. The number of rotatable bonds is 0. The molecule has 3 aliphatic rings. The number of carbonyl (C=O) groups is 3. The predicted molar refractivity (Wildman–Crippen MR) is 98.1 cm³/mol. The molecular weight excluding hydrogens is 366 g/mol. The van der Waals surface area contributed by atoms with Crippen molar-refractivity contribution in [2.75, 3.05) is 0 Å². The van der Waals surface area contributed by atoms with Crippen LogP contribution in [0, 0.1) is 11.8 Å². The summed E-state index contributed by atoms with van der Waals surface area (Å²) in [6.45, 7) is 1.38. The van der Waals surface area contributed by atoms with Crippen molar-refractivity contribution in [3.05, 3.63) is 46.2 Å². The molecule has 1 saturated carbocycles. The van der Waals surface area contributed by atoms with Gasteiger partial charge in [0.15, 0.2) is 11.4 Å². The Kier molecular flexibility index (Phi) is 4.76. The lowest BCUT2D eigenvalue weighted by Gasteiger charge is -2.46. The Morgan fingerprint density at radius 2 is 1.82 bits per heavy atom. The third-order valence-corrected chi connectivity index (χ3v) is 5.81. The number of phenolic OH excluding ortho intramolecular Hbond substituents is 1. The molecule has 0 heterocycles. The van der Waals surface area contributed by atoms with Crippen LogP contribution in [0.5, 0.6) is 5.75 Å². The van der Waals surface area contributed by atoms with Gasteiger partial charge in [-0.25, -0.2) is 0 Å². The zero-order chi connectivity index (χ0) is 20.8. The van der Waals surface area contributed by atoms with Gasteiger partial charge in [-0.1, -0.05) is 12.1 Å². The lowest BCUT2D eigenvalue weighted by molar-refractivity contribution is -0.147. The van der Waals surface area contributed by atoms with Gasteiger partial charge in [-0.3, -0.25) is 14.4 Å². The molecule has 0 bridgehead atoms. The van der Waals surface area contributed by atoms with Crippen LogP contribution >= 0.6 is 0 Å². The Morgan fingerprint density at radius 3 is 2.46 bits per heavy atom. The van der Waals surface area contributed by atoms with Gasteiger partial charge in [0.2, 0.25) is 12.2 Å². The van der Waals surface area contributed by atoms with Crippen molar-refractivity contribution in [2.24, 2.45) is 17.6 Å². The highest BCUT2D eigenvalue weighted by atomic mass is 16.3. The van der Waals surface area contributed by atoms with Crippen LogP contribution in [0.3, 0.4) is 0 Å². The number of aliphatic hydroxyl groups excluding tert-OH is 2. The lowest BCUT2D eigenvalue weighted by atomic mass is 9.59. The standard InChI is InChI=1S/C19H18O6.CH3NO/c1-8-13(21)7-11-6-10-5-9-3-2-4-12(20)14(9)16(22)15(10)18(24)19(11,25)17(8)23;2-1-3/h2-4,10-11,20,22-23,25H,5-7H2,1H3;1H,(H2,2,3)/t10?,11-,19+;/m0./s1. The third-order valence-electron chi connectivity index (χ3n) is 5.81. The molecule has 8 nitrogen and oxygen atoms in total. The molecule has 0 radical (unpaired) electrons. The van der Waals surface area contributed by atoms with E-state index < -0.39 is 23.1 Å². The number of Topliss-reactive ketones (excluding diaryl/α,β-unsaturated/α-hetero) is 2. The quantitative estimate of drug-likeness (QED) is 0.416. The summed E-state index contributed by atoms with van der Waals surface area (Å²) in [6, 6.07) is 4.85. The fraction of sp³-hybridized carbons (Fsp3) is 0.350. The first-order valence-corrected chi connectivity index (χ1v) is 8.78. The molecule has 0 aromatic heterocycles. The van der Waals surface area contributed by atoms with Crippen molar-refractivity contribution < 1.29 is 34.8 Å². The molecule has 1 aromatic rings. The Labute approximate surface area is 160 Å². The van der Waals surface area contributed by atoms with E-state index in [-0.39, 0.29) is 52.8 Å². The SMILES string of the molecule is CC1=C(O)[C@@]2(O)C(=O)C3=C(O)c4c(O)cccc4CC3C[C@H]2CC1=O.NC=O. The van der Waals surface area contributed by atoms with Crippen LogP contribution in [0.1, 0.15) is 30.9 Å². The molecule has 1 fully saturated rings. The topological polar surface area (TPSA) is 158 Å². The summed E-state index contributed by atoms with van der Waals surface area (Å²) in [5, 5.41) is 42.0. The minimum absolute atomic E-state index is 0.0152. The Morgan fingerprint density at radius 1 is 1.18 bits per heavy atom. The molecule has 28 heavy (non-hydrogen) atoms. The van der Waals surface area contributed by atoms with E-state index in [0.717, 1.165) is 0 Å². The van der Waals surface area contributed by atoms with Gasteiger partial charge in [0, 0.05) is 23.5 Å². The zero-order valence-electron chi connectivity index (χ0n) is 15.2. The van der Waals surface area contributed by atoms with Gasteiger partial charge in [-0.15, -0.1) is 0 Å². The lowest BCUT2D eigenvalue weighted by Crippen LogP contribution is -2.57. The van der Waals surface area contributed by atoms with Crippen LogP contribution in [0.4, 0.5) is 0 Å². The molecular formula is C20H21NO7. The van der Waals surface area contributed by atoms with Crippen molar-refractivity contribution in [2.45, 2.75) is 31.8 Å². The smallest absolute Gasteiger partial charge is 0.204 e. The van der Waals surface area contributed by atoms with Crippen LogP contribution < -0.4 is 5.73 Å². The number of aliphatic hydroxyl groups is 3. The summed E-state index contributed by atoms with van der Waals surface area (Å²) < 4.78 is 0. The number of fused-ring (bicyclic) bond motifs is 3. The minimum Gasteiger partial charge on any atom is -0.508 e. The Hall–Kier alpha value is -3.13. The molecule has 6 N–H and O–H groups in total. The molecule has 0 aliphatic heterocycles. The first-order valence-electron chi connectivity index (χ1n) is 8.78. The zero-order valence-corrected chi connectivity index (χ0v) is 15.2. The summed E-state index contributed by atoms with van der Waals surface area (Å²) in [4.78, 5) is 33.7. The van der Waals surface area contributed by atoms with Crippen molar-refractivity contribution in [3.63, 3.8) is 0 Å². The molecule has 1 amide bonds. The van der Waals surface area contributed by atoms with Gasteiger partial charge < -0.3 is 26.2 Å². The number of benzene rings is 1. The number of carbonyl (C=O) groups excluding carboxylic acids is 3. The summed E-state index contributed by atoms with van der Waals surface area (Å²) in [5.74, 6) is -3.29. The molecule has 148 valence electrons. The second-order valence-corrected chi connectivity index (χ2v) is 7.24. The first kappa shape index (κ1) is 19.6. The van der Waals surface area contributed by atoms with Gasteiger partial charge in [0.1, 0.15) is 17.3 Å². The Bertz CT molecular complexity index is 946. The molecule has 8 heteroatoms. The van der Waals surface area contributed by atoms with Gasteiger partial charge in [0.05, 0.1) is 5.56 Å². The fourth-order valence-electron chi connectivity index (χ4n) is 4.45. The second kappa shape index (κ2) is 6.79. The number of nitrogens with two attached hydrogens (primary N) is 1. The number of phenols is 1. The normalized spacial score (nSPS) is 28.6. The maximum Gasteiger partial charge on any atom is 0.204 e. The van der Waals surface area contributed by atoms with Crippen LogP contribution in [-0.4, -0.2) is 44.0 Å². The van der Waals surface area contributed by atoms with Gasteiger partial charge >= 0.3 is 0 Å². The Balaban J connectivity index is 0.000000706. The molecule has 0 spiro atoms. The minimum atomic E-state index is -2.19. The maximum atomic E-state index is 13.1. The van der Waals surface area contributed by atoms with E-state index in [1.165, 1.54) is 13.0 Å². The molecule has 3 atom stereocenters. The molecule has 3 aliphatic carbocycles. The molecule has 4 rings (SSSR count). The molecule has 1 aromatic carbocycles. The van der Waals surface area contributed by atoms with Crippen LogP contribution in [-0.2, 0) is 20.8 Å². The van der Waals surface area contributed by atoms with Crippen molar-refractivity contribution >= 4 is 23.7 Å². The third kappa shape index (κ3) is 2.60. The van der Waals surface area contributed by atoms with E-state index in [4.69, 9.17) is 4.79 Å².